The average molecular weight is 555 g/mol. The van der Waals surface area contributed by atoms with E-state index in [-0.39, 0.29) is 30.5 Å². The minimum atomic E-state index is -1.17. The molecule has 0 fully saturated rings. The van der Waals surface area contributed by atoms with Crippen molar-refractivity contribution in [2.75, 3.05) is 26.5 Å². The molecular formula is C28H35FN6O5. The van der Waals surface area contributed by atoms with Crippen LogP contribution in [0.5, 0.6) is 0 Å². The molecular weight excluding hydrogens is 519 g/mol. The van der Waals surface area contributed by atoms with E-state index in [1.54, 1.807) is 64.5 Å². The number of hydrogen-bond acceptors (Lipinski definition) is 6. The fraction of sp³-hybridized carbons (Fsp3) is 0.393. The monoisotopic (exact) mass is 554 g/mol. The summed E-state index contributed by atoms with van der Waals surface area (Å²) in [6, 6.07) is 7.25. The van der Waals surface area contributed by atoms with Crippen molar-refractivity contribution in [3.8, 4) is 0 Å². The summed E-state index contributed by atoms with van der Waals surface area (Å²) in [7, 11) is 4.41. The number of pyridine rings is 1. The number of imidazole rings is 1. The van der Waals surface area contributed by atoms with Crippen molar-refractivity contribution in [1.29, 1.82) is 0 Å². The molecule has 0 spiro atoms. The lowest BCUT2D eigenvalue weighted by Gasteiger charge is -2.17. The molecule has 0 aliphatic rings. The second-order valence-electron chi connectivity index (χ2n) is 9.82. The van der Waals surface area contributed by atoms with Gasteiger partial charge in [-0.3, -0.25) is 14.4 Å². The Morgan fingerprint density at radius 3 is 2.62 bits per heavy atom. The highest BCUT2D eigenvalue weighted by molar-refractivity contribution is 5.96. The minimum Gasteiger partial charge on any atom is -0.453 e. The smallest absolute Gasteiger partial charge is 0.407 e. The summed E-state index contributed by atoms with van der Waals surface area (Å²) >= 11 is 0. The molecule has 0 aliphatic heterocycles. The van der Waals surface area contributed by atoms with Crippen molar-refractivity contribution < 1.29 is 23.5 Å². The molecule has 0 bridgehead atoms. The first-order valence-corrected chi connectivity index (χ1v) is 12.9. The van der Waals surface area contributed by atoms with Gasteiger partial charge in [-0.15, -0.1) is 0 Å². The summed E-state index contributed by atoms with van der Waals surface area (Å²) in [5, 5.41) is 5.03. The highest BCUT2D eigenvalue weighted by atomic mass is 19.1. The van der Waals surface area contributed by atoms with E-state index in [2.05, 4.69) is 25.3 Å². The molecule has 0 aliphatic carbocycles. The molecule has 3 aromatic rings. The van der Waals surface area contributed by atoms with Gasteiger partial charge >= 0.3 is 6.09 Å². The van der Waals surface area contributed by atoms with Gasteiger partial charge in [0.25, 0.3) is 5.56 Å². The Bertz CT molecular complexity index is 1440. The highest BCUT2D eigenvalue weighted by Crippen LogP contribution is 2.30. The first-order valence-electron chi connectivity index (χ1n) is 12.9. The predicted molar refractivity (Wildman–Crippen MR) is 150 cm³/mol. The number of H-pyrrole nitrogens is 1. The SMILES string of the molecule is COC(=O)N[C@@H](CC/C=C/C(=O)N(C)C)C(=O)Nc1cccn(Cc2nc3cccc(C(F)C(C)C)c3[nH]2)c1=O. The van der Waals surface area contributed by atoms with Crippen LogP contribution in [-0.2, 0) is 20.9 Å². The molecule has 0 saturated carbocycles. The van der Waals surface area contributed by atoms with Crippen molar-refractivity contribution in [3.05, 3.63) is 70.4 Å². The molecule has 0 saturated heterocycles. The van der Waals surface area contributed by atoms with E-state index in [0.717, 1.165) is 0 Å². The summed E-state index contributed by atoms with van der Waals surface area (Å²) in [4.78, 5) is 58.8. The maximum Gasteiger partial charge on any atom is 0.407 e. The third-order valence-electron chi connectivity index (χ3n) is 6.20. The molecule has 1 aromatic carbocycles. The largest absolute Gasteiger partial charge is 0.453 e. The third kappa shape index (κ3) is 7.55. The van der Waals surface area contributed by atoms with Gasteiger partial charge in [-0.25, -0.2) is 14.2 Å². The number of hydrogen-bond donors (Lipinski definition) is 3. The first kappa shape index (κ1) is 30.1. The van der Waals surface area contributed by atoms with Crippen LogP contribution in [0.25, 0.3) is 11.0 Å². The van der Waals surface area contributed by atoms with Gasteiger partial charge in [-0.2, -0.15) is 0 Å². The van der Waals surface area contributed by atoms with Crippen molar-refractivity contribution in [1.82, 2.24) is 24.8 Å². The summed E-state index contributed by atoms with van der Waals surface area (Å²) in [5.41, 5.74) is 1.18. The maximum absolute atomic E-state index is 14.8. The Hall–Kier alpha value is -4.48. The van der Waals surface area contributed by atoms with E-state index in [4.69, 9.17) is 0 Å². The maximum atomic E-state index is 14.8. The Morgan fingerprint density at radius 1 is 1.20 bits per heavy atom. The zero-order valence-corrected chi connectivity index (χ0v) is 23.2. The van der Waals surface area contributed by atoms with Crippen LogP contribution >= 0.6 is 0 Å². The molecule has 12 heteroatoms. The molecule has 2 heterocycles. The number of fused-ring (bicyclic) bond motifs is 1. The number of aromatic nitrogens is 3. The number of benzene rings is 1. The number of nitrogens with zero attached hydrogens (tertiary/aromatic N) is 3. The molecule has 2 aromatic heterocycles. The summed E-state index contributed by atoms with van der Waals surface area (Å²) in [5.74, 6) is -0.594. The zero-order chi connectivity index (χ0) is 29.4. The van der Waals surface area contributed by atoms with Gasteiger partial charge in [0.1, 0.15) is 23.7 Å². The second kappa shape index (κ2) is 13.5. The van der Waals surface area contributed by atoms with Crippen LogP contribution < -0.4 is 16.2 Å². The van der Waals surface area contributed by atoms with Gasteiger partial charge in [0.15, 0.2) is 0 Å². The van der Waals surface area contributed by atoms with E-state index in [1.165, 1.54) is 28.7 Å². The summed E-state index contributed by atoms with van der Waals surface area (Å²) in [6.45, 7) is 3.66. The Morgan fingerprint density at radius 2 is 1.95 bits per heavy atom. The number of alkyl carbamates (subject to hydrolysis) is 1. The van der Waals surface area contributed by atoms with Gasteiger partial charge in [-0.05, 0) is 43.0 Å². The molecule has 0 radical (unpaired) electrons. The number of amides is 3. The average Bonchev–Trinajstić information content (AvgIpc) is 3.34. The molecule has 1 unspecified atom stereocenters. The van der Waals surface area contributed by atoms with Crippen LogP contribution in [0.15, 0.2) is 53.5 Å². The quantitative estimate of drug-likeness (QED) is 0.310. The third-order valence-corrected chi connectivity index (χ3v) is 6.20. The Balaban J connectivity index is 1.77. The number of allylic oxidation sites excluding steroid dienone is 1. The van der Waals surface area contributed by atoms with Gasteiger partial charge in [0.05, 0.1) is 24.7 Å². The molecule has 3 N–H and O–H groups in total. The van der Waals surface area contributed by atoms with E-state index >= 15 is 0 Å². The molecule has 214 valence electrons. The van der Waals surface area contributed by atoms with E-state index in [0.29, 0.717) is 28.8 Å². The molecule has 3 rings (SSSR count). The molecule has 11 nitrogen and oxygen atoms in total. The van der Waals surface area contributed by atoms with E-state index in [9.17, 15) is 23.6 Å². The van der Waals surface area contributed by atoms with Gasteiger partial charge in [-0.1, -0.05) is 32.1 Å². The number of likely N-dealkylation sites (N-methyl/N-ethyl adjacent to an activating group) is 1. The van der Waals surface area contributed by atoms with Crippen LogP contribution in [0.3, 0.4) is 0 Å². The van der Waals surface area contributed by atoms with Crippen LogP contribution in [0, 0.1) is 5.92 Å². The standard InChI is InChI=1S/C28H35FN6O5/c1-17(2)24(29)18-10-8-12-19-25(18)33-22(30-19)16-35-15-9-13-21(27(35)38)31-26(37)20(32-28(39)40-5)11-6-7-14-23(36)34(3)4/h7-10,12-15,17,20,24H,6,11,16H2,1-5H3,(H,30,33)(H,31,37)(H,32,39)/b14-7+/t20-,24?/m0/s1. The lowest BCUT2D eigenvalue weighted by Crippen LogP contribution is -2.44. The topological polar surface area (TPSA) is 138 Å². The van der Waals surface area contributed by atoms with Crippen LogP contribution in [0.4, 0.5) is 14.9 Å². The second-order valence-corrected chi connectivity index (χ2v) is 9.82. The van der Waals surface area contributed by atoms with Crippen LogP contribution in [0.1, 0.15) is 44.2 Å². The van der Waals surface area contributed by atoms with Gasteiger partial charge in [0.2, 0.25) is 11.8 Å². The number of methoxy groups -OCH3 is 1. The normalized spacial score (nSPS) is 12.9. The number of carbonyl (C=O) groups is 3. The van der Waals surface area contributed by atoms with Crippen molar-refractivity contribution in [3.63, 3.8) is 0 Å². The molecule has 2 atom stereocenters. The van der Waals surface area contributed by atoms with Crippen LogP contribution in [-0.4, -0.2) is 64.6 Å². The van der Waals surface area contributed by atoms with Gasteiger partial charge in [0, 0.05) is 25.9 Å². The number of rotatable bonds is 11. The fourth-order valence-electron chi connectivity index (χ4n) is 3.97. The number of nitrogens with one attached hydrogen (secondary N) is 3. The number of aromatic amines is 1. The van der Waals surface area contributed by atoms with Crippen molar-refractivity contribution in [2.45, 2.75) is 45.4 Å². The lowest BCUT2D eigenvalue weighted by molar-refractivity contribution is -0.123. The Kier molecular flexibility index (Phi) is 10.2. The highest BCUT2D eigenvalue weighted by Gasteiger charge is 2.22. The van der Waals surface area contributed by atoms with E-state index in [1.807, 2.05) is 0 Å². The number of ether oxygens (including phenoxy) is 1. The number of anilines is 1. The molecule has 3 amide bonds. The number of carbonyl (C=O) groups excluding carboxylic acids is 3. The van der Waals surface area contributed by atoms with Gasteiger partial charge < -0.3 is 29.8 Å². The zero-order valence-electron chi connectivity index (χ0n) is 23.2. The summed E-state index contributed by atoms with van der Waals surface area (Å²) in [6.07, 6.45) is 3.01. The number of para-hydroxylation sites is 1. The first-order chi connectivity index (χ1) is 19.0. The number of halogens is 1. The fourth-order valence-corrected chi connectivity index (χ4v) is 3.97. The Labute approximate surface area is 231 Å². The van der Waals surface area contributed by atoms with Crippen molar-refractivity contribution >= 4 is 34.6 Å². The van der Waals surface area contributed by atoms with Crippen LogP contribution in [0.2, 0.25) is 0 Å². The minimum absolute atomic E-state index is 0.00271. The summed E-state index contributed by atoms with van der Waals surface area (Å²) < 4.78 is 20.8. The number of alkyl halides is 1. The van der Waals surface area contributed by atoms with E-state index < -0.39 is 29.8 Å². The predicted octanol–water partition coefficient (Wildman–Crippen LogP) is 3.53. The van der Waals surface area contributed by atoms with Crippen molar-refractivity contribution in [2.24, 2.45) is 5.92 Å². The lowest BCUT2D eigenvalue weighted by atomic mass is 9.99. The molecule has 40 heavy (non-hydrogen) atoms.